The maximum atomic E-state index is 12.6. The summed E-state index contributed by atoms with van der Waals surface area (Å²) in [4.78, 5) is 12.6. The molecule has 2 heterocycles. The highest BCUT2D eigenvalue weighted by Gasteiger charge is 2.14. The van der Waals surface area contributed by atoms with Crippen molar-refractivity contribution >= 4 is 34.3 Å². The summed E-state index contributed by atoms with van der Waals surface area (Å²) in [6.45, 7) is 2.71. The van der Waals surface area contributed by atoms with Crippen molar-refractivity contribution in [1.82, 2.24) is 29.8 Å². The summed E-state index contributed by atoms with van der Waals surface area (Å²) in [6, 6.07) is 14.7. The molecule has 0 bridgehead atoms. The molecule has 0 saturated heterocycles. The van der Waals surface area contributed by atoms with Crippen LogP contribution in [0.5, 0.6) is 0 Å². The van der Waals surface area contributed by atoms with E-state index in [1.54, 1.807) is 12.1 Å². The Kier molecular flexibility index (Phi) is 4.91. The van der Waals surface area contributed by atoms with Gasteiger partial charge in [0.05, 0.1) is 11.3 Å². The van der Waals surface area contributed by atoms with Crippen LogP contribution in [0.25, 0.3) is 22.3 Å². The van der Waals surface area contributed by atoms with Gasteiger partial charge in [-0.05, 0) is 31.2 Å². The largest absolute Gasteiger partial charge is 0.302 e. The van der Waals surface area contributed by atoms with Crippen LogP contribution in [0.4, 0.5) is 0 Å². The molecule has 7 nitrogen and oxygen atoms in total. The van der Waals surface area contributed by atoms with Crippen LogP contribution in [-0.4, -0.2) is 29.8 Å². The van der Waals surface area contributed by atoms with E-state index in [0.717, 1.165) is 11.4 Å². The zero-order valence-corrected chi connectivity index (χ0v) is 16.0. The van der Waals surface area contributed by atoms with Crippen LogP contribution in [0.15, 0.2) is 58.5 Å². The fourth-order valence-electron chi connectivity index (χ4n) is 2.75. The molecule has 0 aliphatic rings. The van der Waals surface area contributed by atoms with Crippen LogP contribution >= 0.6 is 23.4 Å². The van der Waals surface area contributed by atoms with Gasteiger partial charge in [-0.15, -0.1) is 15.3 Å². The fraction of sp³-hybridized carbons (Fsp3) is 0.167. The molecule has 2 aromatic carbocycles. The minimum Gasteiger partial charge on any atom is -0.302 e. The van der Waals surface area contributed by atoms with Gasteiger partial charge in [0.2, 0.25) is 0 Å². The van der Waals surface area contributed by atoms with Crippen molar-refractivity contribution in [2.24, 2.45) is 0 Å². The second-order valence-electron chi connectivity index (χ2n) is 5.75. The molecule has 0 saturated carbocycles. The lowest BCUT2D eigenvalue weighted by atomic mass is 10.2. The minimum absolute atomic E-state index is 0.175. The first-order chi connectivity index (χ1) is 13.2. The molecule has 0 unspecified atom stereocenters. The van der Waals surface area contributed by atoms with Gasteiger partial charge in [0, 0.05) is 17.1 Å². The van der Waals surface area contributed by atoms with E-state index < -0.39 is 0 Å². The van der Waals surface area contributed by atoms with Gasteiger partial charge in [-0.1, -0.05) is 52.8 Å². The molecule has 0 spiro atoms. The van der Waals surface area contributed by atoms with Crippen molar-refractivity contribution in [3.05, 3.63) is 63.9 Å². The van der Waals surface area contributed by atoms with Crippen molar-refractivity contribution in [2.75, 3.05) is 0 Å². The molecule has 0 aliphatic carbocycles. The summed E-state index contributed by atoms with van der Waals surface area (Å²) < 4.78 is 3.32. The van der Waals surface area contributed by atoms with Crippen molar-refractivity contribution < 1.29 is 0 Å². The van der Waals surface area contributed by atoms with Crippen molar-refractivity contribution in [3.8, 4) is 11.4 Å². The predicted molar refractivity (Wildman–Crippen MR) is 106 cm³/mol. The SMILES string of the molecule is CCn1c(SCn2nnc3ccccc3c2=O)nnc1-c1cccc(Cl)c1. The Hall–Kier alpha value is -2.71. The molecule has 4 aromatic rings. The lowest BCUT2D eigenvalue weighted by Gasteiger charge is -2.08. The average molecular weight is 399 g/mol. The smallest absolute Gasteiger partial charge is 0.278 e. The first kappa shape index (κ1) is 17.7. The number of fused-ring (bicyclic) bond motifs is 1. The van der Waals surface area contributed by atoms with Crippen LogP contribution in [0.2, 0.25) is 5.02 Å². The molecule has 136 valence electrons. The van der Waals surface area contributed by atoms with E-state index in [0.29, 0.717) is 33.5 Å². The van der Waals surface area contributed by atoms with E-state index in [9.17, 15) is 4.79 Å². The van der Waals surface area contributed by atoms with Gasteiger partial charge in [-0.25, -0.2) is 0 Å². The molecule has 4 rings (SSSR count). The third-order valence-corrected chi connectivity index (χ3v) is 5.23. The third-order valence-electron chi connectivity index (χ3n) is 4.06. The number of thioether (sulfide) groups is 1. The summed E-state index contributed by atoms with van der Waals surface area (Å²) in [5.74, 6) is 1.03. The second-order valence-corrected chi connectivity index (χ2v) is 7.09. The molecule has 9 heteroatoms. The molecule has 0 fully saturated rings. The number of hydrogen-bond acceptors (Lipinski definition) is 6. The lowest BCUT2D eigenvalue weighted by molar-refractivity contribution is 0.637. The molecular weight excluding hydrogens is 384 g/mol. The van der Waals surface area contributed by atoms with E-state index in [-0.39, 0.29) is 5.56 Å². The Morgan fingerprint density at radius 1 is 1.07 bits per heavy atom. The average Bonchev–Trinajstić information content (AvgIpc) is 3.10. The number of nitrogens with zero attached hydrogens (tertiary/aromatic N) is 6. The van der Waals surface area contributed by atoms with E-state index >= 15 is 0 Å². The van der Waals surface area contributed by atoms with Gasteiger partial charge >= 0.3 is 0 Å². The minimum atomic E-state index is -0.175. The number of rotatable bonds is 5. The number of hydrogen-bond donors (Lipinski definition) is 0. The van der Waals surface area contributed by atoms with Crippen molar-refractivity contribution in [3.63, 3.8) is 0 Å². The van der Waals surface area contributed by atoms with Gasteiger partial charge in [-0.3, -0.25) is 4.79 Å². The monoisotopic (exact) mass is 398 g/mol. The van der Waals surface area contributed by atoms with E-state index in [2.05, 4.69) is 20.5 Å². The van der Waals surface area contributed by atoms with Gasteiger partial charge in [0.15, 0.2) is 11.0 Å². The van der Waals surface area contributed by atoms with Gasteiger partial charge in [0.1, 0.15) is 5.52 Å². The van der Waals surface area contributed by atoms with Crippen LogP contribution in [0.3, 0.4) is 0 Å². The van der Waals surface area contributed by atoms with E-state index in [4.69, 9.17) is 11.6 Å². The normalized spacial score (nSPS) is 11.2. The number of aromatic nitrogens is 6. The molecule has 0 radical (unpaired) electrons. The van der Waals surface area contributed by atoms with Crippen LogP contribution < -0.4 is 5.56 Å². The van der Waals surface area contributed by atoms with E-state index in [1.165, 1.54) is 16.4 Å². The molecule has 0 N–H and O–H groups in total. The van der Waals surface area contributed by atoms with Crippen molar-refractivity contribution in [1.29, 1.82) is 0 Å². The molecular formula is C18H15ClN6OS. The van der Waals surface area contributed by atoms with Crippen LogP contribution in [0.1, 0.15) is 6.92 Å². The highest BCUT2D eigenvalue weighted by atomic mass is 35.5. The third kappa shape index (κ3) is 3.45. The quantitative estimate of drug-likeness (QED) is 0.479. The summed E-state index contributed by atoms with van der Waals surface area (Å²) in [5, 5.41) is 18.6. The summed E-state index contributed by atoms with van der Waals surface area (Å²) in [6.07, 6.45) is 0. The Balaban J connectivity index is 1.62. The Labute approximate surface area is 164 Å². The lowest BCUT2D eigenvalue weighted by Crippen LogP contribution is -2.23. The zero-order valence-electron chi connectivity index (χ0n) is 14.4. The summed E-state index contributed by atoms with van der Waals surface area (Å²) >= 11 is 7.47. The van der Waals surface area contributed by atoms with Gasteiger partial charge in [0.25, 0.3) is 5.56 Å². The summed E-state index contributed by atoms with van der Waals surface area (Å²) in [7, 11) is 0. The van der Waals surface area contributed by atoms with Gasteiger partial charge < -0.3 is 4.57 Å². The van der Waals surface area contributed by atoms with E-state index in [1.807, 2.05) is 47.9 Å². The second kappa shape index (κ2) is 7.50. The number of benzene rings is 2. The first-order valence-electron chi connectivity index (χ1n) is 8.32. The molecule has 27 heavy (non-hydrogen) atoms. The highest BCUT2D eigenvalue weighted by molar-refractivity contribution is 7.98. The maximum Gasteiger partial charge on any atom is 0.278 e. The predicted octanol–water partition coefficient (Wildman–Crippen LogP) is 3.47. The van der Waals surface area contributed by atoms with Crippen LogP contribution in [0, 0.1) is 0 Å². The van der Waals surface area contributed by atoms with Gasteiger partial charge in [-0.2, -0.15) is 4.68 Å². The molecule has 0 aliphatic heterocycles. The van der Waals surface area contributed by atoms with Crippen LogP contribution in [-0.2, 0) is 12.4 Å². The zero-order chi connectivity index (χ0) is 18.8. The molecule has 2 aromatic heterocycles. The summed E-state index contributed by atoms with van der Waals surface area (Å²) in [5.41, 5.74) is 1.31. The van der Waals surface area contributed by atoms with Crippen molar-refractivity contribution in [2.45, 2.75) is 24.5 Å². The standard InChI is InChI=1S/C18H15ClN6OS/c1-2-24-16(12-6-5-7-13(19)10-12)21-22-18(24)27-11-25-17(26)14-8-3-4-9-15(14)20-23-25/h3-10H,2,11H2,1H3. The maximum absolute atomic E-state index is 12.6. The number of halogens is 1. The first-order valence-corrected chi connectivity index (χ1v) is 9.68. The fourth-order valence-corrected chi connectivity index (χ4v) is 3.82. The molecule has 0 amide bonds. The Morgan fingerprint density at radius 2 is 1.93 bits per heavy atom. The Morgan fingerprint density at radius 3 is 2.74 bits per heavy atom. The highest BCUT2D eigenvalue weighted by Crippen LogP contribution is 2.26. The topological polar surface area (TPSA) is 78.5 Å². The molecule has 0 atom stereocenters. The Bertz CT molecular complexity index is 1170.